The predicted molar refractivity (Wildman–Crippen MR) is 197 cm³/mol. The maximum atomic E-state index is 14.3. The Labute approximate surface area is 300 Å². The summed E-state index contributed by atoms with van der Waals surface area (Å²) in [4.78, 5) is 44.0. The summed E-state index contributed by atoms with van der Waals surface area (Å²) >= 11 is 5.66. The Kier molecular flexibility index (Phi) is 9.98. The van der Waals surface area contributed by atoms with E-state index in [1.165, 1.54) is 23.5 Å². The average molecular weight is 869 g/mol. The van der Waals surface area contributed by atoms with Crippen LogP contribution in [0.1, 0.15) is 35.2 Å². The van der Waals surface area contributed by atoms with E-state index in [9.17, 15) is 19.7 Å². The third-order valence-corrected chi connectivity index (χ3v) is 9.75. The number of fused-ring (bicyclic) bond motifs is 1. The quantitative estimate of drug-likeness (QED) is 0.0712. The van der Waals surface area contributed by atoms with Crippen molar-refractivity contribution in [2.24, 2.45) is 4.99 Å². The topological polar surface area (TPSA) is 113 Å². The second kappa shape index (κ2) is 14.3. The van der Waals surface area contributed by atoms with Gasteiger partial charge in [-0.05, 0) is 93.6 Å². The van der Waals surface area contributed by atoms with Crippen LogP contribution in [0.25, 0.3) is 11.8 Å². The lowest BCUT2D eigenvalue weighted by atomic mass is 9.93. The number of esters is 1. The van der Waals surface area contributed by atoms with Crippen molar-refractivity contribution in [1.82, 2.24) is 4.57 Å². The third-order valence-electron chi connectivity index (χ3n) is 7.34. The fourth-order valence-corrected chi connectivity index (χ4v) is 8.28. The van der Waals surface area contributed by atoms with Crippen molar-refractivity contribution < 1.29 is 19.2 Å². The molecule has 0 saturated carbocycles. The molecule has 5 aromatic rings. The van der Waals surface area contributed by atoms with E-state index < -0.39 is 16.9 Å². The highest BCUT2D eigenvalue weighted by Gasteiger charge is 2.35. The number of nitrogens with zero attached hydrogens (tertiary/aromatic N) is 3. The Balaban J connectivity index is 1.51. The van der Waals surface area contributed by atoms with Gasteiger partial charge in [0, 0.05) is 26.8 Å². The first kappa shape index (κ1) is 32.8. The fraction of sp³-hybridized carbons (Fsp3) is 0.114. The zero-order valence-corrected chi connectivity index (χ0v) is 29.9. The van der Waals surface area contributed by atoms with Crippen molar-refractivity contribution in [3.8, 4) is 5.75 Å². The van der Waals surface area contributed by atoms with E-state index >= 15 is 0 Å². The smallest absolute Gasteiger partial charge is 0.338 e. The van der Waals surface area contributed by atoms with Gasteiger partial charge in [0.1, 0.15) is 12.4 Å². The summed E-state index contributed by atoms with van der Waals surface area (Å²) in [5.74, 6) is 0.0410. The molecule has 0 amide bonds. The lowest BCUT2D eigenvalue weighted by Crippen LogP contribution is -2.40. The van der Waals surface area contributed by atoms with Gasteiger partial charge in [-0.3, -0.25) is 19.5 Å². The van der Waals surface area contributed by atoms with Crippen molar-refractivity contribution in [3.63, 3.8) is 0 Å². The number of rotatable bonds is 9. The van der Waals surface area contributed by atoms with E-state index in [4.69, 9.17) is 14.5 Å². The standard InChI is InChI=1S/C35H25I2N3O6S/c1-2-45-34(42)29-30(22-9-5-3-6-10-22)38-35-39(31(29)23-11-7-4-8-12-23)33(41)28(47-35)18-24-17-25(36)19-27(37)32(24)46-20-21-13-15-26(16-14-21)40(43)44/h3-19,31H,2,20H2,1H3/b28-18-/t31-/m0/s1. The minimum absolute atomic E-state index is 0.00371. The van der Waals surface area contributed by atoms with Crippen LogP contribution >= 0.6 is 56.5 Å². The number of hydrogen-bond donors (Lipinski definition) is 0. The van der Waals surface area contributed by atoms with Crippen LogP contribution in [-0.4, -0.2) is 22.1 Å². The Morgan fingerprint density at radius 2 is 1.70 bits per heavy atom. The summed E-state index contributed by atoms with van der Waals surface area (Å²) in [6.45, 7) is 2.09. The first-order valence-electron chi connectivity index (χ1n) is 14.4. The van der Waals surface area contributed by atoms with Crippen molar-refractivity contribution in [2.75, 3.05) is 6.61 Å². The summed E-state index contributed by atoms with van der Waals surface area (Å²) in [5, 5.41) is 11.1. The molecule has 236 valence electrons. The molecule has 0 saturated heterocycles. The SMILES string of the molecule is CCOC(=O)C1=C(c2ccccc2)N=c2s/c(=C\c3cc(I)cc(I)c3OCc3ccc([N+](=O)[O-])cc3)c(=O)n2[C@H]1c1ccccc1. The van der Waals surface area contributed by atoms with Gasteiger partial charge < -0.3 is 9.47 Å². The van der Waals surface area contributed by atoms with Gasteiger partial charge in [0.15, 0.2) is 4.80 Å². The second-order valence-corrected chi connectivity index (χ2v) is 13.8. The summed E-state index contributed by atoms with van der Waals surface area (Å²) in [6, 6.07) is 28.2. The number of nitro benzene ring substituents is 1. The zero-order chi connectivity index (χ0) is 33.1. The Morgan fingerprint density at radius 3 is 2.36 bits per heavy atom. The first-order valence-corrected chi connectivity index (χ1v) is 17.4. The number of aromatic nitrogens is 1. The molecular weight excluding hydrogens is 844 g/mol. The number of hydrogen-bond acceptors (Lipinski definition) is 8. The van der Waals surface area contributed by atoms with Gasteiger partial charge in [-0.25, -0.2) is 9.79 Å². The lowest BCUT2D eigenvalue weighted by molar-refractivity contribution is -0.384. The molecule has 0 fully saturated rings. The van der Waals surface area contributed by atoms with Gasteiger partial charge in [0.05, 0.1) is 36.9 Å². The average Bonchev–Trinajstić information content (AvgIpc) is 3.38. The monoisotopic (exact) mass is 869 g/mol. The third kappa shape index (κ3) is 6.94. The molecule has 9 nitrogen and oxygen atoms in total. The van der Waals surface area contributed by atoms with E-state index in [2.05, 4.69) is 45.2 Å². The molecule has 1 aliphatic rings. The summed E-state index contributed by atoms with van der Waals surface area (Å²) < 4.78 is 15.6. The minimum Gasteiger partial charge on any atom is -0.487 e. The predicted octanol–water partition coefficient (Wildman–Crippen LogP) is 6.63. The number of nitro groups is 1. The summed E-state index contributed by atoms with van der Waals surface area (Å²) in [6.07, 6.45) is 1.79. The Hall–Kier alpha value is -4.15. The van der Waals surface area contributed by atoms with Gasteiger partial charge in [-0.2, -0.15) is 0 Å². The molecule has 2 heterocycles. The molecule has 0 aliphatic carbocycles. The number of carbonyl (C=O) groups excluding carboxylic acids is 1. The van der Waals surface area contributed by atoms with Crippen LogP contribution in [0, 0.1) is 17.3 Å². The molecular formula is C35H25I2N3O6S. The molecule has 12 heteroatoms. The van der Waals surface area contributed by atoms with Crippen LogP contribution in [0.5, 0.6) is 5.75 Å². The van der Waals surface area contributed by atoms with Crippen LogP contribution in [0.2, 0.25) is 0 Å². The van der Waals surface area contributed by atoms with Gasteiger partial charge in [-0.15, -0.1) is 0 Å². The number of benzene rings is 4. The fourth-order valence-electron chi connectivity index (χ4n) is 5.24. The highest BCUT2D eigenvalue weighted by Crippen LogP contribution is 2.35. The maximum absolute atomic E-state index is 14.3. The molecule has 0 bridgehead atoms. The van der Waals surface area contributed by atoms with Crippen LogP contribution in [0.4, 0.5) is 5.69 Å². The maximum Gasteiger partial charge on any atom is 0.338 e. The Bertz CT molecular complexity index is 2200. The molecule has 6 rings (SSSR count). The van der Waals surface area contributed by atoms with E-state index in [0.29, 0.717) is 31.9 Å². The zero-order valence-electron chi connectivity index (χ0n) is 24.8. The number of non-ortho nitro benzene ring substituents is 1. The largest absolute Gasteiger partial charge is 0.487 e. The van der Waals surface area contributed by atoms with Crippen molar-refractivity contribution in [3.05, 3.63) is 162 Å². The van der Waals surface area contributed by atoms with E-state index in [-0.39, 0.29) is 24.5 Å². The van der Waals surface area contributed by atoms with E-state index in [1.54, 1.807) is 29.7 Å². The summed E-state index contributed by atoms with van der Waals surface area (Å²) in [5.41, 5.74) is 3.40. The second-order valence-electron chi connectivity index (χ2n) is 10.4. The van der Waals surface area contributed by atoms with Crippen LogP contribution in [0.3, 0.4) is 0 Å². The van der Waals surface area contributed by atoms with E-state index in [1.807, 2.05) is 72.8 Å². The number of ether oxygens (including phenoxy) is 2. The molecule has 0 radical (unpaired) electrons. The van der Waals surface area contributed by atoms with E-state index in [0.717, 1.165) is 23.8 Å². The number of carbonyl (C=O) groups is 1. The molecule has 0 N–H and O–H groups in total. The van der Waals surface area contributed by atoms with Gasteiger partial charge >= 0.3 is 5.97 Å². The number of halogens is 2. The molecule has 1 aromatic heterocycles. The first-order chi connectivity index (χ1) is 22.7. The highest BCUT2D eigenvalue weighted by atomic mass is 127. The summed E-state index contributed by atoms with van der Waals surface area (Å²) in [7, 11) is 0. The van der Waals surface area contributed by atoms with Crippen LogP contribution in [-0.2, 0) is 16.1 Å². The normalized spacial score (nSPS) is 14.4. The van der Waals surface area contributed by atoms with Gasteiger partial charge in [0.25, 0.3) is 11.2 Å². The molecule has 1 atom stereocenters. The molecule has 1 aliphatic heterocycles. The Morgan fingerprint density at radius 1 is 1.02 bits per heavy atom. The van der Waals surface area contributed by atoms with Crippen molar-refractivity contribution >= 4 is 79.9 Å². The number of thiazole rings is 1. The van der Waals surface area contributed by atoms with Gasteiger partial charge in [0.2, 0.25) is 0 Å². The van der Waals surface area contributed by atoms with Crippen molar-refractivity contribution in [2.45, 2.75) is 19.6 Å². The molecule has 47 heavy (non-hydrogen) atoms. The minimum atomic E-state index is -0.766. The van der Waals surface area contributed by atoms with Crippen LogP contribution < -0.4 is 19.6 Å². The molecule has 0 unspecified atom stereocenters. The van der Waals surface area contributed by atoms with Crippen LogP contribution in [0.15, 0.2) is 112 Å². The highest BCUT2D eigenvalue weighted by molar-refractivity contribution is 14.1. The molecule has 4 aromatic carbocycles. The molecule has 0 spiro atoms. The van der Waals surface area contributed by atoms with Gasteiger partial charge in [-0.1, -0.05) is 72.0 Å². The lowest BCUT2D eigenvalue weighted by Gasteiger charge is -2.25. The van der Waals surface area contributed by atoms with Crippen molar-refractivity contribution in [1.29, 1.82) is 0 Å².